The summed E-state index contributed by atoms with van der Waals surface area (Å²) in [6, 6.07) is 7.92. The Labute approximate surface area is 149 Å². The molecule has 1 aromatic carbocycles. The van der Waals surface area contributed by atoms with E-state index in [9.17, 15) is 0 Å². The summed E-state index contributed by atoms with van der Waals surface area (Å²) in [5, 5.41) is 10.6. The quantitative estimate of drug-likeness (QED) is 0.732. The molecule has 1 N–H and O–H groups in total. The van der Waals surface area contributed by atoms with Gasteiger partial charge in [-0.3, -0.25) is 0 Å². The molecule has 0 amide bonds. The molecule has 0 aliphatic carbocycles. The first-order valence-electron chi connectivity index (χ1n) is 6.88. The molecule has 8 heteroatoms. The third-order valence-corrected chi connectivity index (χ3v) is 4.48. The van der Waals surface area contributed by atoms with Gasteiger partial charge >= 0.3 is 0 Å². The van der Waals surface area contributed by atoms with Crippen LogP contribution < -0.4 is 5.32 Å². The van der Waals surface area contributed by atoms with E-state index in [0.29, 0.717) is 34.9 Å². The average Bonchev–Trinajstić information content (AvgIpc) is 3.16. The molecule has 0 saturated heterocycles. The molecule has 5 nitrogen and oxygen atoms in total. The summed E-state index contributed by atoms with van der Waals surface area (Å²) in [5.41, 5.74) is 1.58. The Hall–Kier alpha value is -1.47. The molecule has 2 heterocycles. The molecule has 0 fully saturated rings. The molecule has 3 rings (SSSR count). The monoisotopic (exact) mass is 370 g/mol. The molecule has 1 atom stereocenters. The van der Waals surface area contributed by atoms with Crippen molar-refractivity contribution in [3.05, 3.63) is 40.5 Å². The maximum atomic E-state index is 6.20. The van der Waals surface area contributed by atoms with Gasteiger partial charge in [0.05, 0.1) is 5.02 Å². The van der Waals surface area contributed by atoms with Gasteiger partial charge in [-0.1, -0.05) is 35.0 Å². The van der Waals surface area contributed by atoms with E-state index >= 15 is 0 Å². The highest BCUT2D eigenvalue weighted by atomic mass is 35.5. The summed E-state index contributed by atoms with van der Waals surface area (Å²) in [7, 11) is 1.90. The summed E-state index contributed by atoms with van der Waals surface area (Å²) in [4.78, 5) is 8.94. The zero-order chi connectivity index (χ0) is 15.5. The van der Waals surface area contributed by atoms with Crippen molar-refractivity contribution in [3.63, 3.8) is 0 Å². The van der Waals surface area contributed by atoms with Crippen LogP contribution in [0.25, 0.3) is 22.2 Å². The van der Waals surface area contributed by atoms with Crippen LogP contribution in [0.15, 0.2) is 34.2 Å². The lowest BCUT2D eigenvalue weighted by atomic mass is 10.2. The van der Waals surface area contributed by atoms with Crippen LogP contribution in [-0.4, -0.2) is 28.2 Å². The molecule has 0 radical (unpaired) electrons. The van der Waals surface area contributed by atoms with E-state index in [2.05, 4.69) is 27.4 Å². The average molecular weight is 371 g/mol. The second-order valence-electron chi connectivity index (χ2n) is 4.93. The van der Waals surface area contributed by atoms with Gasteiger partial charge in [0.25, 0.3) is 5.89 Å². The largest absolute Gasteiger partial charge is 0.332 e. The van der Waals surface area contributed by atoms with E-state index in [1.54, 1.807) is 0 Å². The van der Waals surface area contributed by atoms with E-state index in [4.69, 9.17) is 16.1 Å². The van der Waals surface area contributed by atoms with Gasteiger partial charge in [-0.25, -0.2) is 4.98 Å². The van der Waals surface area contributed by atoms with Crippen molar-refractivity contribution >= 4 is 35.3 Å². The lowest BCUT2D eigenvalue weighted by Gasteiger charge is -2.04. The van der Waals surface area contributed by atoms with Crippen molar-refractivity contribution in [3.8, 4) is 22.2 Å². The van der Waals surface area contributed by atoms with Crippen LogP contribution >= 0.6 is 35.3 Å². The Morgan fingerprint density at radius 2 is 2.09 bits per heavy atom. The fraction of sp³-hybridized carbons (Fsp3) is 0.267. The van der Waals surface area contributed by atoms with Crippen molar-refractivity contribution in [1.82, 2.24) is 20.4 Å². The predicted octanol–water partition coefficient (Wildman–Crippen LogP) is 4.09. The second-order valence-corrected chi connectivity index (χ2v) is 6.19. The highest BCUT2D eigenvalue weighted by Gasteiger charge is 2.15. The molecule has 0 bridgehead atoms. The van der Waals surface area contributed by atoms with Crippen LogP contribution in [0.2, 0.25) is 5.02 Å². The molecule has 2 aromatic heterocycles. The number of benzene rings is 1. The molecule has 0 spiro atoms. The van der Waals surface area contributed by atoms with Gasteiger partial charge in [0.1, 0.15) is 10.7 Å². The summed E-state index contributed by atoms with van der Waals surface area (Å²) in [5.74, 6) is 1.11. The molecule has 1 unspecified atom stereocenters. The van der Waals surface area contributed by atoms with Crippen LogP contribution in [0.4, 0.5) is 0 Å². The van der Waals surface area contributed by atoms with Crippen LogP contribution in [0, 0.1) is 0 Å². The standard InChI is InChI=1S/C15H15ClN4OS.ClH/c1-9(17-2)7-13-19-14(21-20-13)12-8-22-15(18-12)10-5-3-4-6-11(10)16;/h3-6,8-9,17H,7H2,1-2H3;1H. The number of nitrogens with one attached hydrogen (secondary N) is 1. The smallest absolute Gasteiger partial charge is 0.277 e. The molecule has 122 valence electrons. The number of halogens is 2. The van der Waals surface area contributed by atoms with Gasteiger partial charge in [0.2, 0.25) is 0 Å². The molecule has 3 aromatic rings. The SMILES string of the molecule is CNC(C)Cc1noc(-c2csc(-c3ccccc3Cl)n2)n1.Cl. The molecule has 0 saturated carbocycles. The van der Waals surface area contributed by atoms with Gasteiger partial charge in [0.15, 0.2) is 5.82 Å². The van der Waals surface area contributed by atoms with Crippen LogP contribution in [0.5, 0.6) is 0 Å². The van der Waals surface area contributed by atoms with Crippen LogP contribution in [-0.2, 0) is 6.42 Å². The lowest BCUT2D eigenvalue weighted by molar-refractivity contribution is 0.417. The van der Waals surface area contributed by atoms with E-state index in [1.165, 1.54) is 11.3 Å². The molecule has 0 aliphatic heterocycles. The van der Waals surface area contributed by atoms with Crippen molar-refractivity contribution < 1.29 is 4.52 Å². The van der Waals surface area contributed by atoms with Crippen molar-refractivity contribution in [2.24, 2.45) is 0 Å². The zero-order valence-corrected chi connectivity index (χ0v) is 15.0. The number of likely N-dealkylation sites (N-methyl/N-ethyl adjacent to an activating group) is 1. The molecule has 23 heavy (non-hydrogen) atoms. The Kier molecular flexibility index (Phi) is 6.12. The van der Waals surface area contributed by atoms with Crippen molar-refractivity contribution in [1.29, 1.82) is 0 Å². The van der Waals surface area contributed by atoms with Gasteiger partial charge in [-0.05, 0) is 20.0 Å². The molecular weight excluding hydrogens is 355 g/mol. The zero-order valence-electron chi connectivity index (χ0n) is 12.6. The third-order valence-electron chi connectivity index (χ3n) is 3.28. The first kappa shape index (κ1) is 17.9. The summed E-state index contributed by atoms with van der Waals surface area (Å²) >= 11 is 7.70. The normalized spacial score (nSPS) is 12.0. The van der Waals surface area contributed by atoms with Crippen molar-refractivity contribution in [2.75, 3.05) is 7.05 Å². The highest BCUT2D eigenvalue weighted by Crippen LogP contribution is 2.32. The number of thiazole rings is 1. The molecular formula is C15H16Cl2N4OS. The second kappa shape index (κ2) is 7.88. The van der Waals surface area contributed by atoms with Gasteiger partial charge in [0, 0.05) is 23.4 Å². The van der Waals surface area contributed by atoms with Gasteiger partial charge < -0.3 is 9.84 Å². The Balaban J connectivity index is 0.00000192. The fourth-order valence-electron chi connectivity index (χ4n) is 1.95. The Morgan fingerprint density at radius 3 is 2.83 bits per heavy atom. The number of hydrogen-bond donors (Lipinski definition) is 1. The first-order valence-corrected chi connectivity index (χ1v) is 8.14. The Morgan fingerprint density at radius 1 is 1.30 bits per heavy atom. The van der Waals surface area contributed by atoms with Gasteiger partial charge in [-0.2, -0.15) is 4.98 Å². The first-order chi connectivity index (χ1) is 10.7. The third kappa shape index (κ3) is 4.09. The minimum Gasteiger partial charge on any atom is -0.332 e. The summed E-state index contributed by atoms with van der Waals surface area (Å²) < 4.78 is 5.30. The van der Waals surface area contributed by atoms with Crippen LogP contribution in [0.3, 0.4) is 0 Å². The van der Waals surface area contributed by atoms with Gasteiger partial charge in [-0.15, -0.1) is 23.7 Å². The maximum Gasteiger partial charge on any atom is 0.277 e. The van der Waals surface area contributed by atoms with E-state index in [-0.39, 0.29) is 12.4 Å². The minimum atomic E-state index is 0. The maximum absolute atomic E-state index is 6.20. The van der Waals surface area contributed by atoms with E-state index in [1.807, 2.05) is 36.7 Å². The number of nitrogens with zero attached hydrogens (tertiary/aromatic N) is 3. The predicted molar refractivity (Wildman–Crippen MR) is 95.3 cm³/mol. The van der Waals surface area contributed by atoms with Crippen LogP contribution in [0.1, 0.15) is 12.7 Å². The number of rotatable bonds is 5. The topological polar surface area (TPSA) is 63.8 Å². The molecule has 0 aliphatic rings. The number of hydrogen-bond acceptors (Lipinski definition) is 6. The Bertz CT molecular complexity index is 774. The van der Waals surface area contributed by atoms with E-state index in [0.717, 1.165) is 10.6 Å². The lowest BCUT2D eigenvalue weighted by Crippen LogP contribution is -2.24. The highest BCUT2D eigenvalue weighted by molar-refractivity contribution is 7.13. The van der Waals surface area contributed by atoms with Crippen molar-refractivity contribution in [2.45, 2.75) is 19.4 Å². The fourth-order valence-corrected chi connectivity index (χ4v) is 3.06. The summed E-state index contributed by atoms with van der Waals surface area (Å²) in [6.45, 7) is 2.06. The number of aromatic nitrogens is 3. The minimum absolute atomic E-state index is 0. The summed E-state index contributed by atoms with van der Waals surface area (Å²) in [6.07, 6.45) is 0.710. The van der Waals surface area contributed by atoms with E-state index < -0.39 is 0 Å².